The number of nitrogens with zero attached hydrogens (tertiary/aromatic N) is 1. The Bertz CT molecular complexity index is 267. The molecule has 0 rings (SSSR count). The van der Waals surface area contributed by atoms with Crippen LogP contribution >= 0.6 is 0 Å². The van der Waals surface area contributed by atoms with Crippen molar-refractivity contribution in [3.05, 3.63) is 35.8 Å². The summed E-state index contributed by atoms with van der Waals surface area (Å²) in [4.78, 5) is 2.21. The average molecular weight is 224 g/mol. The molecule has 0 saturated heterocycles. The van der Waals surface area contributed by atoms with E-state index in [0.29, 0.717) is 0 Å². The molecule has 0 amide bonds. The fourth-order valence-electron chi connectivity index (χ4n) is 1.20. The van der Waals surface area contributed by atoms with Crippen molar-refractivity contribution in [1.82, 2.24) is 10.2 Å². The Morgan fingerprint density at radius 1 is 1.44 bits per heavy atom. The maximum absolute atomic E-state index is 5.06. The summed E-state index contributed by atoms with van der Waals surface area (Å²) in [5.41, 5.74) is 1.20. The Labute approximate surface area is 99.5 Å². The molecule has 3 nitrogen and oxygen atoms in total. The molecule has 0 aromatic heterocycles. The number of likely N-dealkylation sites (N-methyl/N-ethyl adjacent to an activating group) is 2. The lowest BCUT2D eigenvalue weighted by molar-refractivity contribution is 0.294. The lowest BCUT2D eigenvalue weighted by Crippen LogP contribution is -2.26. The van der Waals surface area contributed by atoms with Gasteiger partial charge in [-0.1, -0.05) is 12.2 Å². The van der Waals surface area contributed by atoms with Gasteiger partial charge in [-0.25, -0.2) is 0 Å². The molecule has 0 aromatic rings. The van der Waals surface area contributed by atoms with Gasteiger partial charge in [0.2, 0.25) is 0 Å². The van der Waals surface area contributed by atoms with Crippen molar-refractivity contribution >= 4 is 0 Å². The zero-order valence-electron chi connectivity index (χ0n) is 11.1. The molecule has 3 heteroatoms. The monoisotopic (exact) mass is 224 g/mol. The summed E-state index contributed by atoms with van der Waals surface area (Å²) in [7, 11) is 5.73. The summed E-state index contributed by atoms with van der Waals surface area (Å²) in [6.07, 6.45) is 8.14. The number of hydrogen-bond donors (Lipinski definition) is 1. The van der Waals surface area contributed by atoms with Crippen LogP contribution < -0.4 is 5.32 Å². The SMILES string of the molecule is C\C=C(/C=C\C=C(/C)OC)N(C)CCNC. The van der Waals surface area contributed by atoms with E-state index in [1.165, 1.54) is 5.70 Å². The van der Waals surface area contributed by atoms with Gasteiger partial charge in [-0.05, 0) is 33.0 Å². The van der Waals surface area contributed by atoms with Crippen LogP contribution in [0.1, 0.15) is 13.8 Å². The maximum Gasteiger partial charge on any atom is 0.0924 e. The van der Waals surface area contributed by atoms with Crippen LogP contribution in [-0.2, 0) is 4.74 Å². The average Bonchev–Trinajstić information content (AvgIpc) is 2.31. The molecule has 0 aliphatic rings. The normalized spacial score (nSPS) is 13.3. The van der Waals surface area contributed by atoms with Gasteiger partial charge < -0.3 is 15.0 Å². The molecule has 0 bridgehead atoms. The zero-order valence-corrected chi connectivity index (χ0v) is 11.1. The summed E-state index contributed by atoms with van der Waals surface area (Å²) < 4.78 is 5.06. The highest BCUT2D eigenvalue weighted by Crippen LogP contribution is 2.03. The maximum atomic E-state index is 5.06. The first kappa shape index (κ1) is 14.8. The molecule has 1 N–H and O–H groups in total. The molecule has 0 aliphatic carbocycles. The van der Waals surface area contributed by atoms with E-state index >= 15 is 0 Å². The Hall–Kier alpha value is -1.22. The summed E-state index contributed by atoms with van der Waals surface area (Å²) in [5.74, 6) is 0.907. The van der Waals surface area contributed by atoms with Crippen LogP contribution in [0.4, 0.5) is 0 Å². The second-order valence-electron chi connectivity index (χ2n) is 3.58. The Balaban J connectivity index is 4.30. The minimum atomic E-state index is 0.907. The van der Waals surface area contributed by atoms with Gasteiger partial charge in [-0.15, -0.1) is 0 Å². The molecule has 0 unspecified atom stereocenters. The molecule has 0 aliphatic heterocycles. The van der Waals surface area contributed by atoms with Crippen LogP contribution in [-0.4, -0.2) is 39.2 Å². The minimum absolute atomic E-state index is 0.907. The van der Waals surface area contributed by atoms with Crippen molar-refractivity contribution in [3.8, 4) is 0 Å². The van der Waals surface area contributed by atoms with Crippen molar-refractivity contribution in [2.24, 2.45) is 0 Å². The molecule has 0 radical (unpaired) electrons. The number of hydrogen-bond acceptors (Lipinski definition) is 3. The third-order valence-electron chi connectivity index (χ3n) is 2.35. The van der Waals surface area contributed by atoms with Crippen LogP contribution in [0.3, 0.4) is 0 Å². The van der Waals surface area contributed by atoms with Crippen molar-refractivity contribution in [1.29, 1.82) is 0 Å². The molecule has 92 valence electrons. The fourth-order valence-corrected chi connectivity index (χ4v) is 1.20. The lowest BCUT2D eigenvalue weighted by atomic mass is 10.3. The third-order valence-corrected chi connectivity index (χ3v) is 2.35. The Morgan fingerprint density at radius 2 is 2.12 bits per heavy atom. The first-order chi connectivity index (χ1) is 7.65. The molecule has 0 spiro atoms. The highest BCUT2D eigenvalue weighted by molar-refractivity contribution is 5.21. The molecule has 0 saturated carbocycles. The highest BCUT2D eigenvalue weighted by atomic mass is 16.5. The second-order valence-corrected chi connectivity index (χ2v) is 3.58. The van der Waals surface area contributed by atoms with Crippen molar-refractivity contribution in [2.75, 3.05) is 34.3 Å². The van der Waals surface area contributed by atoms with Gasteiger partial charge in [0.05, 0.1) is 12.9 Å². The van der Waals surface area contributed by atoms with E-state index in [2.05, 4.69) is 29.4 Å². The van der Waals surface area contributed by atoms with E-state index in [9.17, 15) is 0 Å². The van der Waals surface area contributed by atoms with E-state index in [1.807, 2.05) is 33.0 Å². The third kappa shape index (κ3) is 6.30. The second kappa shape index (κ2) is 9.04. The molecule has 16 heavy (non-hydrogen) atoms. The van der Waals surface area contributed by atoms with E-state index in [-0.39, 0.29) is 0 Å². The Morgan fingerprint density at radius 3 is 2.62 bits per heavy atom. The van der Waals surface area contributed by atoms with E-state index in [0.717, 1.165) is 18.8 Å². The summed E-state index contributed by atoms with van der Waals surface area (Å²) >= 11 is 0. The van der Waals surface area contributed by atoms with Gasteiger partial charge in [0.1, 0.15) is 0 Å². The summed E-state index contributed by atoms with van der Waals surface area (Å²) in [6.45, 7) is 5.95. The van der Waals surface area contributed by atoms with Crippen LogP contribution in [0, 0.1) is 0 Å². The number of methoxy groups -OCH3 is 1. The smallest absolute Gasteiger partial charge is 0.0924 e. The molecule has 0 heterocycles. The summed E-state index contributed by atoms with van der Waals surface area (Å²) in [5, 5.41) is 3.14. The van der Waals surface area contributed by atoms with Crippen LogP contribution in [0.15, 0.2) is 35.8 Å². The Kier molecular flexibility index (Phi) is 8.35. The van der Waals surface area contributed by atoms with E-state index in [1.54, 1.807) is 7.11 Å². The minimum Gasteiger partial charge on any atom is -0.501 e. The van der Waals surface area contributed by atoms with Crippen LogP contribution in [0.2, 0.25) is 0 Å². The van der Waals surface area contributed by atoms with E-state index in [4.69, 9.17) is 4.74 Å². The van der Waals surface area contributed by atoms with Gasteiger partial charge >= 0.3 is 0 Å². The van der Waals surface area contributed by atoms with Crippen LogP contribution in [0.25, 0.3) is 0 Å². The predicted molar refractivity (Wildman–Crippen MR) is 70.2 cm³/mol. The summed E-state index contributed by atoms with van der Waals surface area (Å²) in [6, 6.07) is 0. The number of nitrogens with one attached hydrogen (secondary N) is 1. The van der Waals surface area contributed by atoms with Gasteiger partial charge in [0.15, 0.2) is 0 Å². The lowest BCUT2D eigenvalue weighted by Gasteiger charge is -2.19. The molecule has 0 fully saturated rings. The van der Waals surface area contributed by atoms with Crippen LogP contribution in [0.5, 0.6) is 0 Å². The van der Waals surface area contributed by atoms with Crippen molar-refractivity contribution in [2.45, 2.75) is 13.8 Å². The largest absolute Gasteiger partial charge is 0.501 e. The van der Waals surface area contributed by atoms with E-state index < -0.39 is 0 Å². The van der Waals surface area contributed by atoms with Gasteiger partial charge in [-0.2, -0.15) is 0 Å². The van der Waals surface area contributed by atoms with Gasteiger partial charge in [0, 0.05) is 25.8 Å². The van der Waals surface area contributed by atoms with Gasteiger partial charge in [-0.3, -0.25) is 0 Å². The van der Waals surface area contributed by atoms with Crippen molar-refractivity contribution < 1.29 is 4.74 Å². The zero-order chi connectivity index (χ0) is 12.4. The van der Waals surface area contributed by atoms with Gasteiger partial charge in [0.25, 0.3) is 0 Å². The quantitative estimate of drug-likeness (QED) is 0.530. The molecular weight excluding hydrogens is 200 g/mol. The molecular formula is C13H24N2O. The number of allylic oxidation sites excluding steroid dienone is 5. The highest BCUT2D eigenvalue weighted by Gasteiger charge is 1.97. The number of ether oxygens (including phenoxy) is 1. The first-order valence-electron chi connectivity index (χ1n) is 5.56. The standard InChI is InChI=1S/C13H24N2O/c1-6-13(15(4)11-10-14-3)9-7-8-12(2)16-5/h6-9,14H,10-11H2,1-5H3/b9-7-,12-8+,13-6+. The fraction of sp³-hybridized carbons (Fsp3) is 0.538. The van der Waals surface area contributed by atoms with Crippen molar-refractivity contribution in [3.63, 3.8) is 0 Å². The molecule has 0 atom stereocenters. The first-order valence-corrected chi connectivity index (χ1v) is 5.56. The topological polar surface area (TPSA) is 24.5 Å². The number of rotatable bonds is 7. The predicted octanol–water partition coefficient (Wildman–Crippen LogP) is 2.15. The molecule has 0 aromatic carbocycles.